The number of rotatable bonds is 10. The first-order chi connectivity index (χ1) is 7.54. The van der Waals surface area contributed by atoms with Gasteiger partial charge in [-0.25, -0.2) is 9.18 Å². The lowest BCUT2D eigenvalue weighted by Gasteiger charge is -2.02. The number of hydrogen-bond acceptors (Lipinski definition) is 2. The Hall–Kier alpha value is -1.13. The molecule has 0 radical (unpaired) electrons. The summed E-state index contributed by atoms with van der Waals surface area (Å²) in [6.07, 6.45) is 3.29. The molecule has 0 aromatic carbocycles. The lowest BCUT2D eigenvalue weighted by Crippen LogP contribution is -2.13. The van der Waals surface area contributed by atoms with Crippen LogP contribution in [0.2, 0.25) is 0 Å². The number of unbranched alkanes of at least 4 members (excludes halogenated alkanes) is 5. The SMILES string of the molecule is O=C(O)CCCCCCCCC(F)C(=O)O. The summed E-state index contributed by atoms with van der Waals surface area (Å²) in [5.74, 6) is -2.16. The zero-order chi connectivity index (χ0) is 12.4. The van der Waals surface area contributed by atoms with E-state index in [0.29, 0.717) is 12.8 Å². The van der Waals surface area contributed by atoms with Crippen LogP contribution in [-0.2, 0) is 9.59 Å². The minimum absolute atomic E-state index is 0.0739. The fourth-order valence-corrected chi connectivity index (χ4v) is 1.43. The van der Waals surface area contributed by atoms with Gasteiger partial charge in [0.05, 0.1) is 0 Å². The molecule has 0 aliphatic rings. The van der Waals surface area contributed by atoms with E-state index in [4.69, 9.17) is 10.2 Å². The molecular formula is C11H19FO4. The van der Waals surface area contributed by atoms with Crippen molar-refractivity contribution in [1.82, 2.24) is 0 Å². The summed E-state index contributed by atoms with van der Waals surface area (Å²) >= 11 is 0. The quantitative estimate of drug-likeness (QED) is 0.570. The van der Waals surface area contributed by atoms with Gasteiger partial charge in [0.1, 0.15) is 0 Å². The summed E-state index contributed by atoms with van der Waals surface area (Å²) < 4.78 is 12.6. The molecule has 1 unspecified atom stereocenters. The monoisotopic (exact) mass is 234 g/mol. The second-order valence-corrected chi connectivity index (χ2v) is 3.86. The maximum Gasteiger partial charge on any atom is 0.338 e. The number of alkyl halides is 1. The molecule has 0 aromatic rings. The molecule has 4 nitrogen and oxygen atoms in total. The fraction of sp³-hybridized carbons (Fsp3) is 0.818. The lowest BCUT2D eigenvalue weighted by molar-refractivity contribution is -0.143. The third kappa shape index (κ3) is 9.43. The molecule has 94 valence electrons. The molecule has 0 rings (SSSR count). The number of carboxylic acids is 2. The third-order valence-corrected chi connectivity index (χ3v) is 2.37. The molecule has 0 saturated carbocycles. The zero-order valence-electron chi connectivity index (χ0n) is 9.32. The smallest absolute Gasteiger partial charge is 0.338 e. The average molecular weight is 234 g/mol. The fourth-order valence-electron chi connectivity index (χ4n) is 1.43. The maximum absolute atomic E-state index is 12.6. The molecule has 0 aromatic heterocycles. The summed E-state index contributed by atoms with van der Waals surface area (Å²) in [6, 6.07) is 0. The molecule has 0 amide bonds. The highest BCUT2D eigenvalue weighted by Crippen LogP contribution is 2.11. The van der Waals surface area contributed by atoms with Gasteiger partial charge in [-0.2, -0.15) is 0 Å². The Morgan fingerprint density at radius 2 is 1.44 bits per heavy atom. The topological polar surface area (TPSA) is 74.6 Å². The first-order valence-corrected chi connectivity index (χ1v) is 5.62. The molecular weight excluding hydrogens is 215 g/mol. The number of hydrogen-bond donors (Lipinski definition) is 2. The van der Waals surface area contributed by atoms with Gasteiger partial charge in [0.15, 0.2) is 6.17 Å². The van der Waals surface area contributed by atoms with Gasteiger partial charge in [-0.1, -0.05) is 25.7 Å². The Kier molecular flexibility index (Phi) is 8.48. The van der Waals surface area contributed by atoms with Crippen molar-refractivity contribution in [2.24, 2.45) is 0 Å². The van der Waals surface area contributed by atoms with Gasteiger partial charge in [0, 0.05) is 6.42 Å². The second-order valence-electron chi connectivity index (χ2n) is 3.86. The van der Waals surface area contributed by atoms with E-state index in [0.717, 1.165) is 25.7 Å². The maximum atomic E-state index is 12.6. The average Bonchev–Trinajstić information content (AvgIpc) is 2.21. The van der Waals surface area contributed by atoms with Gasteiger partial charge in [-0.05, 0) is 19.3 Å². The summed E-state index contributed by atoms with van der Waals surface area (Å²) in [5.41, 5.74) is 0. The van der Waals surface area contributed by atoms with E-state index in [1.165, 1.54) is 0 Å². The van der Waals surface area contributed by atoms with Gasteiger partial charge >= 0.3 is 11.9 Å². The van der Waals surface area contributed by atoms with Crippen LogP contribution in [-0.4, -0.2) is 28.3 Å². The summed E-state index contributed by atoms with van der Waals surface area (Å²) in [7, 11) is 0. The number of carbonyl (C=O) groups is 2. The first-order valence-electron chi connectivity index (χ1n) is 5.62. The molecule has 2 N–H and O–H groups in total. The van der Waals surface area contributed by atoms with Gasteiger partial charge in [0.25, 0.3) is 0 Å². The van der Waals surface area contributed by atoms with Crippen molar-refractivity contribution in [3.8, 4) is 0 Å². The molecule has 16 heavy (non-hydrogen) atoms. The Balaban J connectivity index is 3.15. The minimum Gasteiger partial charge on any atom is -0.481 e. The largest absolute Gasteiger partial charge is 0.481 e. The molecule has 1 atom stereocenters. The Morgan fingerprint density at radius 1 is 0.938 bits per heavy atom. The van der Waals surface area contributed by atoms with E-state index in [2.05, 4.69) is 0 Å². The predicted octanol–water partition coefficient (Wildman–Crippen LogP) is 2.61. The highest BCUT2D eigenvalue weighted by Gasteiger charge is 2.13. The Labute approximate surface area is 94.5 Å². The van der Waals surface area contributed by atoms with Gasteiger partial charge in [0.2, 0.25) is 0 Å². The van der Waals surface area contributed by atoms with E-state index < -0.39 is 18.1 Å². The number of carboxylic acid groups (broad SMARTS) is 2. The predicted molar refractivity (Wildman–Crippen MR) is 57.1 cm³/mol. The highest BCUT2D eigenvalue weighted by molar-refractivity contribution is 5.71. The summed E-state index contributed by atoms with van der Waals surface area (Å²) in [5, 5.41) is 16.6. The molecule has 0 saturated heterocycles. The van der Waals surface area contributed by atoms with Crippen LogP contribution in [0.15, 0.2) is 0 Å². The lowest BCUT2D eigenvalue weighted by atomic mass is 10.1. The molecule has 0 aliphatic carbocycles. The van der Waals surface area contributed by atoms with Crippen LogP contribution in [0.3, 0.4) is 0 Å². The second kappa shape index (κ2) is 9.12. The van der Waals surface area contributed by atoms with E-state index in [-0.39, 0.29) is 12.8 Å². The van der Waals surface area contributed by atoms with Gasteiger partial charge in [-0.15, -0.1) is 0 Å². The standard InChI is InChI=1S/C11H19FO4/c12-9(11(15)16)7-5-3-1-2-4-6-8-10(13)14/h9H,1-8H2,(H,13,14)(H,15,16). The van der Waals surface area contributed by atoms with Crippen LogP contribution >= 0.6 is 0 Å². The number of aliphatic carboxylic acids is 2. The van der Waals surface area contributed by atoms with Crippen molar-refractivity contribution < 1.29 is 24.2 Å². The molecule has 0 heterocycles. The van der Waals surface area contributed by atoms with E-state index in [9.17, 15) is 14.0 Å². The summed E-state index contributed by atoms with van der Waals surface area (Å²) in [4.78, 5) is 20.3. The van der Waals surface area contributed by atoms with Crippen LogP contribution < -0.4 is 0 Å². The van der Waals surface area contributed by atoms with Crippen molar-refractivity contribution in [3.63, 3.8) is 0 Å². The van der Waals surface area contributed by atoms with Gasteiger partial charge in [-0.3, -0.25) is 4.79 Å². The van der Waals surface area contributed by atoms with Crippen LogP contribution in [0.25, 0.3) is 0 Å². The van der Waals surface area contributed by atoms with Crippen LogP contribution in [0.1, 0.15) is 51.4 Å². The van der Waals surface area contributed by atoms with Crippen LogP contribution in [0.4, 0.5) is 4.39 Å². The van der Waals surface area contributed by atoms with Crippen molar-refractivity contribution in [1.29, 1.82) is 0 Å². The van der Waals surface area contributed by atoms with Crippen molar-refractivity contribution >= 4 is 11.9 Å². The minimum atomic E-state index is -1.74. The Bertz CT molecular complexity index is 218. The molecule has 0 aliphatic heterocycles. The molecule has 0 spiro atoms. The van der Waals surface area contributed by atoms with Crippen molar-refractivity contribution in [2.75, 3.05) is 0 Å². The Morgan fingerprint density at radius 3 is 1.94 bits per heavy atom. The molecule has 0 bridgehead atoms. The van der Waals surface area contributed by atoms with Crippen LogP contribution in [0, 0.1) is 0 Å². The van der Waals surface area contributed by atoms with E-state index in [1.54, 1.807) is 0 Å². The van der Waals surface area contributed by atoms with E-state index in [1.807, 2.05) is 0 Å². The third-order valence-electron chi connectivity index (χ3n) is 2.37. The van der Waals surface area contributed by atoms with Gasteiger partial charge < -0.3 is 10.2 Å². The highest BCUT2D eigenvalue weighted by atomic mass is 19.1. The first kappa shape index (κ1) is 14.9. The van der Waals surface area contributed by atoms with Crippen LogP contribution in [0.5, 0.6) is 0 Å². The molecule has 5 heteroatoms. The van der Waals surface area contributed by atoms with Crippen molar-refractivity contribution in [2.45, 2.75) is 57.5 Å². The normalized spacial score (nSPS) is 12.3. The van der Waals surface area contributed by atoms with Crippen molar-refractivity contribution in [3.05, 3.63) is 0 Å². The zero-order valence-corrected chi connectivity index (χ0v) is 9.32. The summed E-state index contributed by atoms with van der Waals surface area (Å²) in [6.45, 7) is 0. The number of halogens is 1. The molecule has 0 fully saturated rings. The van der Waals surface area contributed by atoms with E-state index >= 15 is 0 Å².